The number of unbranched alkanes of at least 4 members (excludes halogenated alkanes) is 24. The zero-order valence-corrected chi connectivity index (χ0v) is 33.0. The van der Waals surface area contributed by atoms with Crippen LogP contribution in [-0.4, -0.2) is 46.1 Å². The van der Waals surface area contributed by atoms with Crippen LogP contribution in [0.4, 0.5) is 0 Å². The van der Waals surface area contributed by atoms with Crippen LogP contribution < -0.4 is 5.32 Å². The molecule has 0 aliphatic heterocycles. The molecule has 1 amide bonds. The molecule has 0 radical (unpaired) electrons. The van der Waals surface area contributed by atoms with E-state index in [1.807, 2.05) is 6.08 Å². The van der Waals surface area contributed by atoms with Crippen molar-refractivity contribution in [2.24, 2.45) is 0 Å². The first-order valence-electron chi connectivity index (χ1n) is 21.5. The maximum absolute atomic E-state index is 12.4. The van der Waals surface area contributed by atoms with E-state index in [9.17, 15) is 20.1 Å². The molecule has 0 aromatic rings. The summed E-state index contributed by atoms with van der Waals surface area (Å²) in [7, 11) is 0. The molecule has 0 rings (SSSR count). The molecular weight excluding hydrogens is 618 g/mol. The molecular formula is C45H83NO4. The van der Waals surface area contributed by atoms with E-state index in [2.05, 4.69) is 55.6 Å². The second kappa shape index (κ2) is 40.1. The maximum Gasteiger partial charge on any atom is 0.249 e. The lowest BCUT2D eigenvalue weighted by molar-refractivity contribution is -0.131. The summed E-state index contributed by atoms with van der Waals surface area (Å²) < 4.78 is 0. The van der Waals surface area contributed by atoms with Crippen molar-refractivity contribution in [3.05, 3.63) is 48.6 Å². The summed E-state index contributed by atoms with van der Waals surface area (Å²) in [6.45, 7) is 4.12. The highest BCUT2D eigenvalue weighted by Gasteiger charge is 2.22. The average molecular weight is 702 g/mol. The minimum atomic E-state index is -1.11. The summed E-state index contributed by atoms with van der Waals surface area (Å²) in [5.41, 5.74) is 0. The number of allylic oxidation sites excluding steroid dienone is 7. The Balaban J connectivity index is 3.64. The Kier molecular flexibility index (Phi) is 38.7. The van der Waals surface area contributed by atoms with E-state index in [0.29, 0.717) is 6.42 Å². The first-order chi connectivity index (χ1) is 24.6. The summed E-state index contributed by atoms with van der Waals surface area (Å²) in [4.78, 5) is 12.4. The standard InChI is InChI=1S/C45H83NO4/c1-3-5-7-9-11-13-15-16-17-18-19-20-21-22-23-24-25-26-27-28-29-30-32-34-36-38-40-44(49)45(50)46-42(41-47)43(48)39-37-35-33-31-14-12-10-8-6-4-2/h14,19-20,22-23,31,37,39,42-44,47-49H,3-13,15-18,21,24-30,32-36,38,40-41H2,1-2H3,(H,46,50)/b20-19-,23-22-,31-14+,39-37+. The van der Waals surface area contributed by atoms with Crippen LogP contribution in [-0.2, 0) is 4.79 Å². The number of aliphatic hydroxyl groups is 3. The molecule has 0 aromatic heterocycles. The molecule has 5 nitrogen and oxygen atoms in total. The van der Waals surface area contributed by atoms with Crippen LogP contribution in [0.3, 0.4) is 0 Å². The van der Waals surface area contributed by atoms with Gasteiger partial charge in [-0.25, -0.2) is 0 Å². The highest BCUT2D eigenvalue weighted by Crippen LogP contribution is 2.14. The predicted molar refractivity (Wildman–Crippen MR) is 217 cm³/mol. The second-order valence-electron chi connectivity index (χ2n) is 14.5. The minimum Gasteiger partial charge on any atom is -0.394 e. The molecule has 3 atom stereocenters. The van der Waals surface area contributed by atoms with Crippen molar-refractivity contribution in [3.63, 3.8) is 0 Å². The average Bonchev–Trinajstić information content (AvgIpc) is 3.12. The van der Waals surface area contributed by atoms with E-state index in [1.165, 1.54) is 141 Å². The molecule has 0 aromatic carbocycles. The van der Waals surface area contributed by atoms with Gasteiger partial charge in [-0.15, -0.1) is 0 Å². The Labute approximate surface area is 310 Å². The number of rotatable bonds is 38. The van der Waals surface area contributed by atoms with Gasteiger partial charge >= 0.3 is 0 Å². The van der Waals surface area contributed by atoms with Gasteiger partial charge in [0, 0.05) is 0 Å². The van der Waals surface area contributed by atoms with E-state index in [-0.39, 0.29) is 6.61 Å². The number of nitrogens with one attached hydrogen (secondary N) is 1. The number of amides is 1. The molecule has 0 aliphatic rings. The van der Waals surface area contributed by atoms with Crippen molar-refractivity contribution in [1.82, 2.24) is 5.32 Å². The SMILES string of the molecule is CCCCCC/C=C/CC/C=C/C(O)C(CO)NC(=O)C(O)CCCCCCCCCCCC/C=C\C/C=C\CCCCCCCCCCC. The Morgan fingerprint density at radius 3 is 1.36 bits per heavy atom. The van der Waals surface area contributed by atoms with Crippen molar-refractivity contribution in [1.29, 1.82) is 0 Å². The van der Waals surface area contributed by atoms with Gasteiger partial charge in [0.05, 0.1) is 18.8 Å². The summed E-state index contributed by atoms with van der Waals surface area (Å²) >= 11 is 0. The lowest BCUT2D eigenvalue weighted by Crippen LogP contribution is -2.48. The second-order valence-corrected chi connectivity index (χ2v) is 14.5. The molecule has 292 valence electrons. The summed E-state index contributed by atoms with van der Waals surface area (Å²) in [6.07, 6.45) is 51.5. The third-order valence-electron chi connectivity index (χ3n) is 9.64. The summed E-state index contributed by atoms with van der Waals surface area (Å²) in [6, 6.07) is -0.815. The van der Waals surface area contributed by atoms with Crippen LogP contribution in [0.1, 0.15) is 206 Å². The van der Waals surface area contributed by atoms with Crippen molar-refractivity contribution < 1.29 is 20.1 Å². The first kappa shape index (κ1) is 48.3. The van der Waals surface area contributed by atoms with Gasteiger partial charge in [0.15, 0.2) is 0 Å². The fourth-order valence-electron chi connectivity index (χ4n) is 6.23. The van der Waals surface area contributed by atoms with Crippen molar-refractivity contribution in [2.45, 2.75) is 225 Å². The Bertz CT molecular complexity index is 820. The van der Waals surface area contributed by atoms with Gasteiger partial charge in [-0.05, 0) is 64.2 Å². The maximum atomic E-state index is 12.4. The van der Waals surface area contributed by atoms with Crippen LogP contribution in [0.2, 0.25) is 0 Å². The number of carbonyl (C=O) groups is 1. The van der Waals surface area contributed by atoms with Gasteiger partial charge in [-0.1, -0.05) is 191 Å². The van der Waals surface area contributed by atoms with Gasteiger partial charge in [0.2, 0.25) is 5.91 Å². The quantitative estimate of drug-likeness (QED) is 0.0381. The van der Waals surface area contributed by atoms with E-state index in [0.717, 1.165) is 44.9 Å². The van der Waals surface area contributed by atoms with E-state index in [4.69, 9.17) is 0 Å². The molecule has 0 saturated heterocycles. The van der Waals surface area contributed by atoms with Crippen molar-refractivity contribution in [3.8, 4) is 0 Å². The van der Waals surface area contributed by atoms with Crippen LogP contribution in [0.15, 0.2) is 48.6 Å². The predicted octanol–water partition coefficient (Wildman–Crippen LogP) is 12.2. The fourth-order valence-corrected chi connectivity index (χ4v) is 6.23. The zero-order valence-electron chi connectivity index (χ0n) is 33.0. The molecule has 0 heterocycles. The van der Waals surface area contributed by atoms with E-state index in [1.54, 1.807) is 6.08 Å². The Hall–Kier alpha value is -1.69. The highest BCUT2D eigenvalue weighted by molar-refractivity contribution is 5.80. The number of aliphatic hydroxyl groups excluding tert-OH is 3. The van der Waals surface area contributed by atoms with Crippen LogP contribution in [0.5, 0.6) is 0 Å². The number of hydrogen-bond donors (Lipinski definition) is 4. The largest absolute Gasteiger partial charge is 0.394 e. The topological polar surface area (TPSA) is 89.8 Å². The Morgan fingerprint density at radius 2 is 0.880 bits per heavy atom. The molecule has 5 heteroatoms. The Morgan fingerprint density at radius 1 is 0.500 bits per heavy atom. The molecule has 50 heavy (non-hydrogen) atoms. The van der Waals surface area contributed by atoms with Crippen LogP contribution >= 0.6 is 0 Å². The molecule has 0 aliphatic carbocycles. The normalized spacial score (nSPS) is 14.1. The van der Waals surface area contributed by atoms with Gasteiger partial charge in [-0.2, -0.15) is 0 Å². The smallest absolute Gasteiger partial charge is 0.249 e. The third-order valence-corrected chi connectivity index (χ3v) is 9.64. The van der Waals surface area contributed by atoms with Crippen molar-refractivity contribution >= 4 is 5.91 Å². The zero-order chi connectivity index (χ0) is 36.6. The van der Waals surface area contributed by atoms with Gasteiger partial charge in [0.25, 0.3) is 0 Å². The lowest BCUT2D eigenvalue weighted by atomic mass is 10.0. The number of hydrogen-bond acceptors (Lipinski definition) is 4. The fraction of sp³-hybridized carbons (Fsp3) is 0.800. The molecule has 0 fully saturated rings. The third kappa shape index (κ3) is 34.7. The first-order valence-corrected chi connectivity index (χ1v) is 21.5. The summed E-state index contributed by atoms with van der Waals surface area (Å²) in [5.74, 6) is -0.519. The van der Waals surface area contributed by atoms with E-state index < -0.39 is 24.2 Å². The summed E-state index contributed by atoms with van der Waals surface area (Å²) in [5, 5.41) is 32.9. The minimum absolute atomic E-state index is 0.379. The highest BCUT2D eigenvalue weighted by atomic mass is 16.3. The van der Waals surface area contributed by atoms with Crippen molar-refractivity contribution in [2.75, 3.05) is 6.61 Å². The monoisotopic (exact) mass is 702 g/mol. The van der Waals surface area contributed by atoms with Crippen LogP contribution in [0, 0.1) is 0 Å². The molecule has 0 spiro atoms. The molecule has 0 bridgehead atoms. The molecule has 4 N–H and O–H groups in total. The van der Waals surface area contributed by atoms with E-state index >= 15 is 0 Å². The molecule has 3 unspecified atom stereocenters. The lowest BCUT2D eigenvalue weighted by Gasteiger charge is -2.21. The number of carbonyl (C=O) groups excluding carboxylic acids is 1. The van der Waals surface area contributed by atoms with Gasteiger partial charge in [-0.3, -0.25) is 4.79 Å². The van der Waals surface area contributed by atoms with Gasteiger partial charge in [0.1, 0.15) is 6.10 Å². The molecule has 0 saturated carbocycles. The van der Waals surface area contributed by atoms with Crippen LogP contribution in [0.25, 0.3) is 0 Å². The van der Waals surface area contributed by atoms with Gasteiger partial charge < -0.3 is 20.6 Å².